The van der Waals surface area contributed by atoms with Gasteiger partial charge in [0.2, 0.25) is 0 Å². The zero-order valence-corrected chi connectivity index (χ0v) is 10.8. The Balaban J connectivity index is 3.03. The maximum atomic E-state index is 11.9. The van der Waals surface area contributed by atoms with Crippen molar-refractivity contribution in [3.05, 3.63) is 28.2 Å². The summed E-state index contributed by atoms with van der Waals surface area (Å²) in [5.41, 5.74) is 0.138. The molecule has 0 saturated heterocycles. The normalized spacial score (nSPS) is 11.3. The highest BCUT2D eigenvalue weighted by Crippen LogP contribution is 2.27. The minimum Gasteiger partial charge on any atom is -0.406 e. The van der Waals surface area contributed by atoms with Gasteiger partial charge in [0.25, 0.3) is 0 Å². The molecule has 2 nitrogen and oxygen atoms in total. The van der Waals surface area contributed by atoms with E-state index in [-0.39, 0.29) is 16.7 Å². The van der Waals surface area contributed by atoms with Crippen LogP contribution < -0.4 is 4.74 Å². The first-order valence-electron chi connectivity index (χ1n) is 3.98. The molecule has 0 aromatic heterocycles. The Kier molecular flexibility index (Phi) is 4.37. The van der Waals surface area contributed by atoms with Gasteiger partial charge in [-0.05, 0) is 18.2 Å². The van der Waals surface area contributed by atoms with Crippen molar-refractivity contribution in [2.24, 2.45) is 0 Å². The maximum Gasteiger partial charge on any atom is 0.573 e. The van der Waals surface area contributed by atoms with Crippen LogP contribution in [0.5, 0.6) is 5.75 Å². The van der Waals surface area contributed by atoms with Crippen molar-refractivity contribution in [2.75, 3.05) is 5.33 Å². The lowest BCUT2D eigenvalue weighted by Gasteiger charge is -2.10. The maximum absolute atomic E-state index is 11.9. The van der Waals surface area contributed by atoms with E-state index in [4.69, 9.17) is 0 Å². The van der Waals surface area contributed by atoms with E-state index in [1.165, 1.54) is 6.07 Å². The van der Waals surface area contributed by atoms with E-state index in [0.717, 1.165) is 12.1 Å². The molecule has 1 aromatic carbocycles. The van der Waals surface area contributed by atoms with Gasteiger partial charge in [0.05, 0.1) is 5.33 Å². The molecule has 0 aliphatic heterocycles. The molecule has 1 rings (SSSR count). The van der Waals surface area contributed by atoms with Gasteiger partial charge in [-0.25, -0.2) is 0 Å². The van der Waals surface area contributed by atoms with Gasteiger partial charge in [0, 0.05) is 10.0 Å². The summed E-state index contributed by atoms with van der Waals surface area (Å²) in [5.74, 6) is -0.750. The number of carbonyl (C=O) groups is 1. The molecule has 0 atom stereocenters. The van der Waals surface area contributed by atoms with Crippen molar-refractivity contribution in [1.82, 2.24) is 0 Å². The number of hydrogen-bond donors (Lipinski definition) is 0. The molecule has 0 saturated carbocycles. The Morgan fingerprint density at radius 1 is 1.38 bits per heavy atom. The van der Waals surface area contributed by atoms with Gasteiger partial charge in [0.15, 0.2) is 5.78 Å². The molecule has 7 heteroatoms. The lowest BCUT2D eigenvalue weighted by Crippen LogP contribution is -2.17. The fourth-order valence-corrected chi connectivity index (χ4v) is 1.76. The van der Waals surface area contributed by atoms with Gasteiger partial charge < -0.3 is 4.74 Å². The number of rotatable bonds is 3. The summed E-state index contributed by atoms with van der Waals surface area (Å²) < 4.78 is 39.9. The van der Waals surface area contributed by atoms with Crippen molar-refractivity contribution in [2.45, 2.75) is 6.36 Å². The van der Waals surface area contributed by atoms with Crippen LogP contribution in [0.1, 0.15) is 10.4 Å². The molecule has 1 aromatic rings. The van der Waals surface area contributed by atoms with Crippen molar-refractivity contribution in [1.29, 1.82) is 0 Å². The summed E-state index contributed by atoms with van der Waals surface area (Å²) in [6.45, 7) is 0. The number of ketones is 1. The van der Waals surface area contributed by atoms with E-state index in [0.29, 0.717) is 4.47 Å². The number of benzene rings is 1. The number of hydrogen-bond acceptors (Lipinski definition) is 2. The largest absolute Gasteiger partial charge is 0.573 e. The molecular weight excluding hydrogens is 357 g/mol. The number of Topliss-reactive ketones (excluding diaryl/α,β-unsaturated/α-hetero) is 1. The predicted molar refractivity (Wildman–Crippen MR) is 58.9 cm³/mol. The quantitative estimate of drug-likeness (QED) is 0.602. The summed E-state index contributed by atoms with van der Waals surface area (Å²) in [6, 6.07) is 3.50. The zero-order chi connectivity index (χ0) is 12.3. The molecule has 0 N–H and O–H groups in total. The van der Waals surface area contributed by atoms with Gasteiger partial charge in [-0.2, -0.15) is 0 Å². The molecule has 0 spiro atoms. The van der Waals surface area contributed by atoms with Gasteiger partial charge >= 0.3 is 6.36 Å². The Hall–Kier alpha value is -0.560. The molecule has 0 aliphatic rings. The van der Waals surface area contributed by atoms with Crippen LogP contribution in [0.25, 0.3) is 0 Å². The standard InChI is InChI=1S/C9H5Br2F3O2/c10-4-8(15)6-3-5(1-2-7(6)11)16-9(12,13)14/h1-3H,4H2. The van der Waals surface area contributed by atoms with E-state index >= 15 is 0 Å². The van der Waals surface area contributed by atoms with E-state index in [1.54, 1.807) is 0 Å². The lowest BCUT2D eigenvalue weighted by molar-refractivity contribution is -0.274. The molecule has 0 fully saturated rings. The highest BCUT2D eigenvalue weighted by molar-refractivity contribution is 9.10. The van der Waals surface area contributed by atoms with Crippen LogP contribution in [-0.4, -0.2) is 17.5 Å². The fourth-order valence-electron chi connectivity index (χ4n) is 0.987. The molecular formula is C9H5Br2F3O2. The van der Waals surface area contributed by atoms with Gasteiger partial charge in [-0.1, -0.05) is 31.9 Å². The fraction of sp³-hybridized carbons (Fsp3) is 0.222. The lowest BCUT2D eigenvalue weighted by atomic mass is 10.1. The van der Waals surface area contributed by atoms with Crippen molar-refractivity contribution in [3.63, 3.8) is 0 Å². The number of alkyl halides is 4. The first-order valence-corrected chi connectivity index (χ1v) is 5.89. The smallest absolute Gasteiger partial charge is 0.406 e. The first-order chi connectivity index (χ1) is 7.33. The van der Waals surface area contributed by atoms with Crippen molar-refractivity contribution in [3.8, 4) is 5.75 Å². The third-order valence-corrected chi connectivity index (χ3v) is 2.79. The highest BCUT2D eigenvalue weighted by Gasteiger charge is 2.31. The average molecular weight is 362 g/mol. The summed E-state index contributed by atoms with van der Waals surface area (Å²) in [6.07, 6.45) is -4.76. The van der Waals surface area contributed by atoms with Crippen LogP contribution in [-0.2, 0) is 0 Å². The van der Waals surface area contributed by atoms with Crippen molar-refractivity contribution < 1.29 is 22.7 Å². The van der Waals surface area contributed by atoms with Gasteiger partial charge in [-0.3, -0.25) is 4.79 Å². The second kappa shape index (κ2) is 5.18. The molecule has 0 amide bonds. The second-order valence-corrected chi connectivity index (χ2v) is 4.16. The molecule has 0 aliphatic carbocycles. The van der Waals surface area contributed by atoms with Crippen molar-refractivity contribution >= 4 is 37.6 Å². The molecule has 0 radical (unpaired) electrons. The summed E-state index contributed by atoms with van der Waals surface area (Å²) in [7, 11) is 0. The summed E-state index contributed by atoms with van der Waals surface area (Å²) >= 11 is 6.01. The SMILES string of the molecule is O=C(CBr)c1cc(OC(F)(F)F)ccc1Br. The Labute approximate surface area is 106 Å². The Morgan fingerprint density at radius 2 is 2.00 bits per heavy atom. The van der Waals surface area contributed by atoms with Crippen LogP contribution in [0.2, 0.25) is 0 Å². The molecule has 0 heterocycles. The van der Waals surface area contributed by atoms with E-state index in [9.17, 15) is 18.0 Å². The Bertz CT molecular complexity index is 404. The van der Waals surface area contributed by atoms with Crippen LogP contribution in [0.3, 0.4) is 0 Å². The molecule has 88 valence electrons. The molecule has 16 heavy (non-hydrogen) atoms. The predicted octanol–water partition coefficient (Wildman–Crippen LogP) is 3.93. The third kappa shape index (κ3) is 3.79. The summed E-state index contributed by atoms with van der Waals surface area (Å²) in [4.78, 5) is 11.3. The third-order valence-electron chi connectivity index (χ3n) is 1.59. The first kappa shape index (κ1) is 13.5. The second-order valence-electron chi connectivity index (χ2n) is 2.75. The topological polar surface area (TPSA) is 26.3 Å². The monoisotopic (exact) mass is 360 g/mol. The molecule has 0 unspecified atom stereocenters. The van der Waals surface area contributed by atoms with Crippen LogP contribution >= 0.6 is 31.9 Å². The van der Waals surface area contributed by atoms with E-state index in [1.807, 2.05) is 0 Å². The van der Waals surface area contributed by atoms with Gasteiger partial charge in [-0.15, -0.1) is 13.2 Å². The van der Waals surface area contributed by atoms with E-state index < -0.39 is 12.1 Å². The number of carbonyl (C=O) groups excluding carboxylic acids is 1. The minimum absolute atomic E-state index is 0.0288. The highest BCUT2D eigenvalue weighted by atomic mass is 79.9. The Morgan fingerprint density at radius 3 is 2.50 bits per heavy atom. The van der Waals surface area contributed by atoms with E-state index in [2.05, 4.69) is 36.6 Å². The zero-order valence-electron chi connectivity index (χ0n) is 7.65. The van der Waals surface area contributed by atoms with Crippen LogP contribution in [0.15, 0.2) is 22.7 Å². The minimum atomic E-state index is -4.76. The number of ether oxygens (including phenoxy) is 1. The van der Waals surface area contributed by atoms with Crippen LogP contribution in [0, 0.1) is 0 Å². The molecule has 0 bridgehead atoms. The number of halogens is 5. The average Bonchev–Trinajstić information content (AvgIpc) is 2.18. The van der Waals surface area contributed by atoms with Gasteiger partial charge in [0.1, 0.15) is 5.75 Å². The summed E-state index contributed by atoms with van der Waals surface area (Å²) in [5, 5.41) is 0.0288. The van der Waals surface area contributed by atoms with Crippen LogP contribution in [0.4, 0.5) is 13.2 Å².